The van der Waals surface area contributed by atoms with E-state index in [4.69, 9.17) is 14.2 Å². The summed E-state index contributed by atoms with van der Waals surface area (Å²) in [7, 11) is 1.28. The average Bonchev–Trinajstić information content (AvgIpc) is 2.94. The molecule has 7 unspecified atom stereocenters. The van der Waals surface area contributed by atoms with Crippen LogP contribution >= 0.6 is 0 Å². The first-order valence-electron chi connectivity index (χ1n) is 13.6. The SMILES string of the molecule is COc1cccc2c1C(=O)c1c(O)c3c(c(O)c1C2=O)CC(O)(C(C)O)CC3OC1CC(NC(=O)C(F)(F)F)C(O)C(C)O1. The van der Waals surface area contributed by atoms with E-state index in [0.29, 0.717) is 0 Å². The van der Waals surface area contributed by atoms with Crippen molar-refractivity contribution in [3.05, 3.63) is 51.6 Å². The van der Waals surface area contributed by atoms with E-state index in [-0.39, 0.29) is 28.0 Å². The number of aliphatic hydroxyl groups is 3. The van der Waals surface area contributed by atoms with Crippen LogP contribution in [0.2, 0.25) is 0 Å². The monoisotopic (exact) mass is 625 g/mol. The molecule has 0 radical (unpaired) electrons. The molecule has 3 aliphatic rings. The molecule has 2 aliphatic carbocycles. The number of aliphatic hydroxyl groups excluding tert-OH is 2. The predicted octanol–water partition coefficient (Wildman–Crippen LogP) is 1.54. The number of carbonyl (C=O) groups excluding carboxylic acids is 3. The second kappa shape index (κ2) is 11.0. The van der Waals surface area contributed by atoms with Crippen LogP contribution in [-0.2, 0) is 20.7 Å². The van der Waals surface area contributed by atoms with E-state index in [9.17, 15) is 53.1 Å². The van der Waals surface area contributed by atoms with Crippen LogP contribution in [0.25, 0.3) is 0 Å². The fourth-order valence-electron chi connectivity index (χ4n) is 6.10. The van der Waals surface area contributed by atoms with Crippen LogP contribution in [0, 0.1) is 0 Å². The predicted molar refractivity (Wildman–Crippen MR) is 141 cm³/mol. The molecule has 2 aromatic rings. The lowest BCUT2D eigenvalue weighted by molar-refractivity contribution is -0.253. The zero-order valence-electron chi connectivity index (χ0n) is 23.6. The minimum absolute atomic E-state index is 0.0366. The fourth-order valence-corrected chi connectivity index (χ4v) is 6.10. The Balaban J connectivity index is 1.59. The number of rotatable bonds is 5. The Kier molecular flexibility index (Phi) is 7.91. The first-order valence-corrected chi connectivity index (χ1v) is 13.6. The van der Waals surface area contributed by atoms with Gasteiger partial charge < -0.3 is 45.1 Å². The molecule has 5 rings (SSSR count). The van der Waals surface area contributed by atoms with E-state index < -0.39 is 108 Å². The minimum atomic E-state index is -5.23. The molecule has 1 amide bonds. The molecule has 1 fully saturated rings. The molecule has 2 aromatic carbocycles. The maximum absolute atomic E-state index is 13.7. The summed E-state index contributed by atoms with van der Waals surface area (Å²) >= 11 is 0. The highest BCUT2D eigenvalue weighted by Crippen LogP contribution is 2.53. The molecule has 7 atom stereocenters. The third-order valence-corrected chi connectivity index (χ3v) is 8.48. The largest absolute Gasteiger partial charge is 0.507 e. The highest BCUT2D eigenvalue weighted by atomic mass is 19.4. The molecule has 44 heavy (non-hydrogen) atoms. The fraction of sp³-hybridized carbons (Fsp3) is 0.483. The van der Waals surface area contributed by atoms with Gasteiger partial charge in [0.25, 0.3) is 0 Å². The zero-order valence-corrected chi connectivity index (χ0v) is 23.6. The first kappa shape index (κ1) is 31.7. The number of nitrogens with one attached hydrogen (secondary N) is 1. The Morgan fingerprint density at radius 2 is 1.80 bits per heavy atom. The maximum atomic E-state index is 13.7. The van der Waals surface area contributed by atoms with Gasteiger partial charge in [0.15, 0.2) is 12.1 Å². The minimum Gasteiger partial charge on any atom is -0.507 e. The zero-order chi connectivity index (χ0) is 32.5. The van der Waals surface area contributed by atoms with Crippen LogP contribution in [0.5, 0.6) is 17.2 Å². The summed E-state index contributed by atoms with van der Waals surface area (Å²) in [6.07, 6.45) is -13.8. The van der Waals surface area contributed by atoms with E-state index in [1.807, 2.05) is 0 Å². The average molecular weight is 626 g/mol. The number of methoxy groups -OCH3 is 1. The number of amides is 1. The van der Waals surface area contributed by atoms with Crippen molar-refractivity contribution in [2.45, 2.75) is 81.6 Å². The van der Waals surface area contributed by atoms with Crippen molar-refractivity contribution in [2.24, 2.45) is 0 Å². The third-order valence-electron chi connectivity index (χ3n) is 8.48. The van der Waals surface area contributed by atoms with Crippen LogP contribution in [0.3, 0.4) is 0 Å². The van der Waals surface area contributed by atoms with Gasteiger partial charge in [-0.15, -0.1) is 0 Å². The summed E-state index contributed by atoms with van der Waals surface area (Å²) in [5.74, 6) is -5.42. The number of carbonyl (C=O) groups is 3. The molecular weight excluding hydrogens is 595 g/mol. The third kappa shape index (κ3) is 5.07. The van der Waals surface area contributed by atoms with Crippen molar-refractivity contribution < 1.29 is 67.3 Å². The smallest absolute Gasteiger partial charge is 0.471 e. The summed E-state index contributed by atoms with van der Waals surface area (Å²) < 4.78 is 55.6. The number of ether oxygens (including phenoxy) is 3. The van der Waals surface area contributed by atoms with Gasteiger partial charge in [-0.1, -0.05) is 12.1 Å². The van der Waals surface area contributed by atoms with Crippen molar-refractivity contribution in [3.63, 3.8) is 0 Å². The van der Waals surface area contributed by atoms with E-state index in [1.165, 1.54) is 39.2 Å². The van der Waals surface area contributed by atoms with Crippen LogP contribution in [-0.4, -0.2) is 92.5 Å². The Morgan fingerprint density at radius 1 is 1.14 bits per heavy atom. The number of aromatic hydroxyl groups is 2. The normalized spacial score (nSPS) is 28.9. The standard InChI is InChI=1S/C29H30F3NO11/c1-10-22(35)14(33-27(40)29(30,31)32)7-17(43-10)44-16-9-28(41,11(2)34)8-13-19(16)26(39)21-20(24(13)37)23(36)12-5-4-6-15(42-3)18(12)25(21)38/h4-6,10-11,14,16-17,22,34-35,37,39,41H,7-9H2,1-3H3,(H,33,40). The van der Waals surface area contributed by atoms with E-state index in [0.717, 1.165) is 0 Å². The molecule has 1 saturated heterocycles. The molecule has 0 spiro atoms. The number of fused-ring (bicyclic) bond motifs is 3. The quantitative estimate of drug-likeness (QED) is 0.226. The Labute approximate surface area is 248 Å². The topological polar surface area (TPSA) is 192 Å². The van der Waals surface area contributed by atoms with Crippen molar-refractivity contribution >= 4 is 17.5 Å². The lowest BCUT2D eigenvalue weighted by Crippen LogP contribution is -2.57. The van der Waals surface area contributed by atoms with Crippen LogP contribution in [0.15, 0.2) is 18.2 Å². The van der Waals surface area contributed by atoms with Gasteiger partial charge in [-0.05, 0) is 19.9 Å². The molecule has 1 aliphatic heterocycles. The van der Waals surface area contributed by atoms with Gasteiger partial charge in [-0.3, -0.25) is 14.4 Å². The van der Waals surface area contributed by atoms with Crippen LogP contribution in [0.4, 0.5) is 13.2 Å². The summed E-state index contributed by atoms with van der Waals surface area (Å²) in [6.45, 7) is 2.58. The number of halogens is 3. The van der Waals surface area contributed by atoms with Gasteiger partial charge in [0.05, 0.1) is 53.8 Å². The van der Waals surface area contributed by atoms with E-state index >= 15 is 0 Å². The Hall–Kier alpha value is -3.76. The molecule has 1 heterocycles. The first-order chi connectivity index (χ1) is 20.5. The van der Waals surface area contributed by atoms with Crippen molar-refractivity contribution in [1.82, 2.24) is 5.32 Å². The van der Waals surface area contributed by atoms with Crippen molar-refractivity contribution in [3.8, 4) is 17.2 Å². The summed E-state index contributed by atoms with van der Waals surface area (Å²) in [5, 5.41) is 56.8. The molecule has 12 nitrogen and oxygen atoms in total. The van der Waals surface area contributed by atoms with Gasteiger partial charge in [-0.25, -0.2) is 0 Å². The maximum Gasteiger partial charge on any atom is 0.471 e. The molecule has 0 aromatic heterocycles. The van der Waals surface area contributed by atoms with Gasteiger partial charge >= 0.3 is 12.1 Å². The molecule has 6 N–H and O–H groups in total. The lowest BCUT2D eigenvalue weighted by atomic mass is 9.71. The molecule has 0 saturated carbocycles. The van der Waals surface area contributed by atoms with Crippen molar-refractivity contribution in [1.29, 1.82) is 0 Å². The van der Waals surface area contributed by atoms with Gasteiger partial charge in [0.2, 0.25) is 5.78 Å². The molecule has 15 heteroatoms. The van der Waals surface area contributed by atoms with Gasteiger partial charge in [-0.2, -0.15) is 13.2 Å². The molecular formula is C29H30F3NO11. The van der Waals surface area contributed by atoms with Gasteiger partial charge in [0.1, 0.15) is 23.4 Å². The number of phenolic OH excluding ortho intramolecular Hbond substituents is 2. The molecule has 238 valence electrons. The summed E-state index contributed by atoms with van der Waals surface area (Å²) in [6, 6.07) is 2.76. The van der Waals surface area contributed by atoms with E-state index in [1.54, 1.807) is 5.32 Å². The van der Waals surface area contributed by atoms with E-state index in [2.05, 4.69) is 0 Å². The van der Waals surface area contributed by atoms with Crippen LogP contribution in [0.1, 0.15) is 75.8 Å². The number of phenols is 2. The van der Waals surface area contributed by atoms with Crippen LogP contribution < -0.4 is 10.1 Å². The Morgan fingerprint density at radius 3 is 2.41 bits per heavy atom. The number of ketones is 2. The second-order valence-electron chi connectivity index (χ2n) is 11.2. The highest BCUT2D eigenvalue weighted by Gasteiger charge is 2.50. The second-order valence-corrected chi connectivity index (χ2v) is 11.2. The number of hydrogen-bond acceptors (Lipinski definition) is 11. The Bertz CT molecular complexity index is 1540. The highest BCUT2D eigenvalue weighted by molar-refractivity contribution is 6.31. The summed E-state index contributed by atoms with van der Waals surface area (Å²) in [4.78, 5) is 38.9. The lowest BCUT2D eigenvalue weighted by Gasteiger charge is -2.44. The van der Waals surface area contributed by atoms with Gasteiger partial charge in [0, 0.05) is 36.0 Å². The molecule has 0 bridgehead atoms. The van der Waals surface area contributed by atoms with Crippen molar-refractivity contribution in [2.75, 3.05) is 7.11 Å². The number of benzene rings is 2. The number of alkyl halides is 3. The number of hydrogen-bond donors (Lipinski definition) is 6. The summed E-state index contributed by atoms with van der Waals surface area (Å²) in [5.41, 5.74) is -3.77.